The standard InChI is InChI=1S/C22H28N2O3/c1-17-6-5-8-19(23-17)14-26-20-10-11-27-22(12-20)15-24(16-22)13-18-7-3-4-9-21(18)25-2/h3-9,20H,10-16H2,1-2H3/t20-/m1/s1. The molecule has 0 saturated carbocycles. The van der Waals surface area contributed by atoms with Crippen molar-refractivity contribution in [3.63, 3.8) is 0 Å². The number of rotatable bonds is 6. The Kier molecular flexibility index (Phi) is 5.43. The third-order valence-corrected chi connectivity index (χ3v) is 5.47. The van der Waals surface area contributed by atoms with Crippen molar-refractivity contribution in [3.8, 4) is 5.75 Å². The fourth-order valence-corrected chi connectivity index (χ4v) is 4.18. The lowest BCUT2D eigenvalue weighted by Gasteiger charge is -2.53. The van der Waals surface area contributed by atoms with Crippen LogP contribution in [0.5, 0.6) is 5.75 Å². The van der Waals surface area contributed by atoms with Crippen LogP contribution in [0.2, 0.25) is 0 Å². The summed E-state index contributed by atoms with van der Waals surface area (Å²) in [6.45, 7) is 6.16. The van der Waals surface area contributed by atoms with E-state index < -0.39 is 0 Å². The van der Waals surface area contributed by atoms with Gasteiger partial charge in [-0.15, -0.1) is 0 Å². The van der Waals surface area contributed by atoms with Crippen LogP contribution in [0.1, 0.15) is 29.8 Å². The zero-order valence-corrected chi connectivity index (χ0v) is 16.2. The van der Waals surface area contributed by atoms with Gasteiger partial charge < -0.3 is 14.2 Å². The van der Waals surface area contributed by atoms with Crippen LogP contribution >= 0.6 is 0 Å². The Morgan fingerprint density at radius 2 is 2.04 bits per heavy atom. The number of aryl methyl sites for hydroxylation is 1. The highest BCUT2D eigenvalue weighted by molar-refractivity contribution is 5.33. The summed E-state index contributed by atoms with van der Waals surface area (Å²) in [7, 11) is 1.73. The molecule has 4 rings (SSSR count). The second kappa shape index (κ2) is 7.97. The molecule has 5 nitrogen and oxygen atoms in total. The smallest absolute Gasteiger partial charge is 0.123 e. The van der Waals surface area contributed by atoms with Crippen molar-refractivity contribution in [2.45, 2.75) is 44.6 Å². The molecule has 0 N–H and O–H groups in total. The summed E-state index contributed by atoms with van der Waals surface area (Å²) in [5, 5.41) is 0. The van der Waals surface area contributed by atoms with E-state index in [1.54, 1.807) is 7.11 Å². The molecule has 1 spiro atoms. The Balaban J connectivity index is 1.29. The number of hydrogen-bond donors (Lipinski definition) is 0. The van der Waals surface area contributed by atoms with Crippen LogP contribution in [0.3, 0.4) is 0 Å². The number of aromatic nitrogens is 1. The van der Waals surface area contributed by atoms with Crippen molar-refractivity contribution >= 4 is 0 Å². The molecule has 2 fully saturated rings. The van der Waals surface area contributed by atoms with Crippen LogP contribution in [0.15, 0.2) is 42.5 Å². The van der Waals surface area contributed by atoms with E-state index in [4.69, 9.17) is 14.2 Å². The quantitative estimate of drug-likeness (QED) is 0.782. The maximum absolute atomic E-state index is 6.16. The first-order chi connectivity index (χ1) is 13.2. The van der Waals surface area contributed by atoms with Gasteiger partial charge in [-0.25, -0.2) is 0 Å². The maximum atomic E-state index is 6.16. The van der Waals surface area contributed by atoms with Crippen LogP contribution in [-0.2, 0) is 22.6 Å². The molecule has 0 radical (unpaired) electrons. The first-order valence-corrected chi connectivity index (χ1v) is 9.68. The second-order valence-electron chi connectivity index (χ2n) is 7.68. The minimum absolute atomic E-state index is 0.0506. The van der Waals surface area contributed by atoms with Crippen molar-refractivity contribution < 1.29 is 14.2 Å². The van der Waals surface area contributed by atoms with Crippen LogP contribution in [0.4, 0.5) is 0 Å². The van der Waals surface area contributed by atoms with E-state index >= 15 is 0 Å². The molecule has 27 heavy (non-hydrogen) atoms. The first kappa shape index (κ1) is 18.4. The molecule has 0 aliphatic carbocycles. The minimum atomic E-state index is -0.0506. The number of likely N-dealkylation sites (tertiary alicyclic amines) is 1. The molecule has 1 aromatic heterocycles. The van der Waals surface area contributed by atoms with E-state index in [2.05, 4.69) is 22.0 Å². The average molecular weight is 368 g/mol. The van der Waals surface area contributed by atoms with Gasteiger partial charge in [0.2, 0.25) is 0 Å². The number of pyridine rings is 1. The van der Waals surface area contributed by atoms with Gasteiger partial charge in [0, 0.05) is 43.9 Å². The van der Waals surface area contributed by atoms with E-state index in [0.717, 1.165) is 56.2 Å². The van der Waals surface area contributed by atoms with Crippen LogP contribution in [0, 0.1) is 6.92 Å². The minimum Gasteiger partial charge on any atom is -0.496 e. The highest BCUT2D eigenvalue weighted by Crippen LogP contribution is 2.37. The molecule has 1 aromatic carbocycles. The van der Waals surface area contributed by atoms with Crippen LogP contribution in [-0.4, -0.2) is 48.4 Å². The monoisotopic (exact) mass is 368 g/mol. The molecule has 2 saturated heterocycles. The topological polar surface area (TPSA) is 43.8 Å². The summed E-state index contributed by atoms with van der Waals surface area (Å²) in [4.78, 5) is 6.95. The number of benzene rings is 1. The number of nitrogens with zero attached hydrogens (tertiary/aromatic N) is 2. The number of ether oxygens (including phenoxy) is 3. The summed E-state index contributed by atoms with van der Waals surface area (Å²) in [6, 6.07) is 14.3. The van der Waals surface area contributed by atoms with Gasteiger partial charge in [0.15, 0.2) is 0 Å². The summed E-state index contributed by atoms with van der Waals surface area (Å²) in [5.41, 5.74) is 3.21. The lowest BCUT2D eigenvalue weighted by Crippen LogP contribution is -2.65. The summed E-state index contributed by atoms with van der Waals surface area (Å²) in [5.74, 6) is 0.954. The average Bonchev–Trinajstić information content (AvgIpc) is 2.66. The third-order valence-electron chi connectivity index (χ3n) is 5.47. The lowest BCUT2D eigenvalue weighted by atomic mass is 9.84. The first-order valence-electron chi connectivity index (χ1n) is 9.68. The molecule has 144 valence electrons. The molecule has 2 aromatic rings. The molecule has 3 heterocycles. The zero-order valence-electron chi connectivity index (χ0n) is 16.2. The van der Waals surface area contributed by atoms with Gasteiger partial charge >= 0.3 is 0 Å². The van der Waals surface area contributed by atoms with Gasteiger partial charge in [-0.2, -0.15) is 0 Å². The Hall–Kier alpha value is -1.95. The Bertz CT molecular complexity index is 774. The van der Waals surface area contributed by atoms with Crippen LogP contribution in [0.25, 0.3) is 0 Å². The van der Waals surface area contributed by atoms with Gasteiger partial charge in [-0.1, -0.05) is 24.3 Å². The fraction of sp³-hybridized carbons (Fsp3) is 0.500. The normalized spacial score (nSPS) is 21.8. The fourth-order valence-electron chi connectivity index (χ4n) is 4.18. The molecular weight excluding hydrogens is 340 g/mol. The summed E-state index contributed by atoms with van der Waals surface area (Å²) >= 11 is 0. The second-order valence-corrected chi connectivity index (χ2v) is 7.68. The van der Waals surface area contributed by atoms with E-state index in [1.807, 2.05) is 37.3 Å². The van der Waals surface area contributed by atoms with E-state index in [1.165, 1.54) is 5.56 Å². The molecular formula is C22H28N2O3. The van der Waals surface area contributed by atoms with Gasteiger partial charge in [0.1, 0.15) is 5.75 Å². The van der Waals surface area contributed by atoms with Gasteiger partial charge in [-0.05, 0) is 31.5 Å². The molecule has 5 heteroatoms. The van der Waals surface area contributed by atoms with Crippen molar-refractivity contribution in [3.05, 3.63) is 59.4 Å². The predicted octanol–water partition coefficient (Wildman–Crippen LogP) is 3.35. The Morgan fingerprint density at radius 3 is 2.85 bits per heavy atom. The predicted molar refractivity (Wildman–Crippen MR) is 104 cm³/mol. The number of hydrogen-bond acceptors (Lipinski definition) is 5. The highest BCUT2D eigenvalue weighted by Gasteiger charge is 2.47. The molecule has 0 amide bonds. The Morgan fingerprint density at radius 1 is 1.19 bits per heavy atom. The van der Waals surface area contributed by atoms with E-state index in [0.29, 0.717) is 6.61 Å². The largest absolute Gasteiger partial charge is 0.496 e. The SMILES string of the molecule is COc1ccccc1CN1CC2(C[C@H](OCc3cccc(C)n3)CCO2)C1. The molecule has 2 aliphatic rings. The molecule has 0 unspecified atom stereocenters. The third kappa shape index (κ3) is 4.32. The van der Waals surface area contributed by atoms with Crippen LogP contribution < -0.4 is 4.74 Å². The highest BCUT2D eigenvalue weighted by atomic mass is 16.5. The van der Waals surface area contributed by atoms with Gasteiger partial charge in [0.05, 0.1) is 31.1 Å². The summed E-state index contributed by atoms with van der Waals surface area (Å²) in [6.07, 6.45) is 2.16. The zero-order chi connectivity index (χ0) is 18.7. The lowest BCUT2D eigenvalue weighted by molar-refractivity contribution is -0.200. The maximum Gasteiger partial charge on any atom is 0.123 e. The van der Waals surface area contributed by atoms with Gasteiger partial charge in [0.25, 0.3) is 0 Å². The van der Waals surface area contributed by atoms with Crippen molar-refractivity contribution in [1.82, 2.24) is 9.88 Å². The number of para-hydroxylation sites is 1. The summed E-state index contributed by atoms with van der Waals surface area (Å²) < 4.78 is 17.8. The van der Waals surface area contributed by atoms with E-state index in [-0.39, 0.29) is 11.7 Å². The molecule has 0 bridgehead atoms. The van der Waals surface area contributed by atoms with E-state index in [9.17, 15) is 0 Å². The van der Waals surface area contributed by atoms with Gasteiger partial charge in [-0.3, -0.25) is 9.88 Å². The van der Waals surface area contributed by atoms with Crippen molar-refractivity contribution in [1.29, 1.82) is 0 Å². The molecule has 1 atom stereocenters. The van der Waals surface area contributed by atoms with Crippen molar-refractivity contribution in [2.24, 2.45) is 0 Å². The molecule has 2 aliphatic heterocycles. The number of methoxy groups -OCH3 is 1. The Labute approximate surface area is 161 Å². The van der Waals surface area contributed by atoms with Crippen molar-refractivity contribution in [2.75, 3.05) is 26.8 Å².